The number of carbonyl (C=O) groups is 1. The molecule has 0 atom stereocenters. The van der Waals surface area contributed by atoms with Gasteiger partial charge < -0.3 is 0 Å². The van der Waals surface area contributed by atoms with Crippen molar-refractivity contribution in [1.82, 2.24) is 0 Å². The van der Waals surface area contributed by atoms with Gasteiger partial charge >= 0.3 is 0 Å². The third-order valence-electron chi connectivity index (χ3n) is 2.76. The van der Waals surface area contributed by atoms with Gasteiger partial charge in [-0.05, 0) is 29.5 Å². The van der Waals surface area contributed by atoms with Crippen molar-refractivity contribution in [1.29, 1.82) is 0 Å². The summed E-state index contributed by atoms with van der Waals surface area (Å²) in [5.41, 5.74) is 4.06. The van der Waals surface area contributed by atoms with Gasteiger partial charge in [0.05, 0.1) is 0 Å². The Labute approximate surface area is 107 Å². The van der Waals surface area contributed by atoms with Crippen LogP contribution in [-0.4, -0.2) is 10.9 Å². The van der Waals surface area contributed by atoms with E-state index in [1.165, 1.54) is 28.5 Å². The number of hydrogen-bond donors (Lipinski definition) is 0. The van der Waals surface area contributed by atoms with Crippen molar-refractivity contribution in [3.05, 3.63) is 47.0 Å². The van der Waals surface area contributed by atoms with Crippen molar-refractivity contribution in [2.75, 3.05) is 5.75 Å². The van der Waals surface area contributed by atoms with Gasteiger partial charge in [-0.2, -0.15) is 0 Å². The lowest BCUT2D eigenvalue weighted by Gasteiger charge is -2.03. The Kier molecular flexibility index (Phi) is 4.21. The van der Waals surface area contributed by atoms with Gasteiger partial charge in [-0.1, -0.05) is 54.3 Å². The molecule has 2 rings (SSSR count). The van der Waals surface area contributed by atoms with E-state index in [1.54, 1.807) is 6.92 Å². The van der Waals surface area contributed by atoms with E-state index in [0.717, 1.165) is 18.6 Å². The normalized spacial score (nSPS) is 13.2. The Morgan fingerprint density at radius 2 is 2.35 bits per heavy atom. The lowest BCUT2D eigenvalue weighted by molar-refractivity contribution is -0.109. The predicted molar refractivity (Wildman–Crippen MR) is 76.0 cm³/mol. The zero-order chi connectivity index (χ0) is 12.1. The molecular weight excluding hydrogens is 228 g/mol. The Bertz CT molecular complexity index is 472. The fraction of sp³-hybridized carbons (Fsp3) is 0.267. The zero-order valence-electron chi connectivity index (χ0n) is 9.98. The molecular formula is C15H16OS. The average Bonchev–Trinajstić information content (AvgIpc) is 2.77. The standard InChI is InChI=1S/C15H16OS/c1-12(16)17-11-3-2-6-13-7-4-8-14-9-5-10-15(13)14/h2,4-9H,3,10-11H2,1H3. The van der Waals surface area contributed by atoms with E-state index in [-0.39, 0.29) is 5.12 Å². The van der Waals surface area contributed by atoms with Crippen molar-refractivity contribution in [2.24, 2.45) is 0 Å². The van der Waals surface area contributed by atoms with Gasteiger partial charge in [0, 0.05) is 12.7 Å². The van der Waals surface area contributed by atoms with Crippen LogP contribution in [0.4, 0.5) is 0 Å². The maximum atomic E-state index is 10.8. The lowest BCUT2D eigenvalue weighted by Crippen LogP contribution is -1.87. The molecule has 17 heavy (non-hydrogen) atoms. The van der Waals surface area contributed by atoms with Crippen LogP contribution in [0.3, 0.4) is 0 Å². The number of thioether (sulfide) groups is 1. The van der Waals surface area contributed by atoms with Gasteiger partial charge in [-0.15, -0.1) is 0 Å². The Hall–Kier alpha value is -1.28. The summed E-state index contributed by atoms with van der Waals surface area (Å²) in [6.07, 6.45) is 10.7. The highest BCUT2D eigenvalue weighted by atomic mass is 32.2. The van der Waals surface area contributed by atoms with Crippen LogP contribution in [0.1, 0.15) is 30.0 Å². The molecule has 88 valence electrons. The predicted octanol–water partition coefficient (Wildman–Crippen LogP) is 3.94. The Morgan fingerprint density at radius 3 is 3.18 bits per heavy atom. The van der Waals surface area contributed by atoms with Gasteiger partial charge in [-0.3, -0.25) is 4.79 Å². The molecule has 1 nitrogen and oxygen atoms in total. The van der Waals surface area contributed by atoms with Crippen LogP contribution >= 0.6 is 11.8 Å². The molecule has 0 aliphatic heterocycles. The molecule has 0 radical (unpaired) electrons. The summed E-state index contributed by atoms with van der Waals surface area (Å²) in [5.74, 6) is 0.874. The monoisotopic (exact) mass is 244 g/mol. The van der Waals surface area contributed by atoms with Crippen LogP contribution in [0.15, 0.2) is 30.4 Å². The van der Waals surface area contributed by atoms with Crippen LogP contribution in [0.5, 0.6) is 0 Å². The van der Waals surface area contributed by atoms with Crippen molar-refractivity contribution in [3.8, 4) is 0 Å². The third kappa shape index (κ3) is 3.34. The second-order valence-electron chi connectivity index (χ2n) is 4.05. The smallest absolute Gasteiger partial charge is 0.185 e. The lowest BCUT2D eigenvalue weighted by atomic mass is 10.0. The SMILES string of the molecule is CC(=O)SCCC=Cc1cccc2c1CC=C2. The molecule has 0 heterocycles. The van der Waals surface area contributed by atoms with Gasteiger partial charge in [0.2, 0.25) is 0 Å². The average molecular weight is 244 g/mol. The first-order valence-corrected chi connectivity index (χ1v) is 6.84. The third-order valence-corrected chi connectivity index (χ3v) is 3.60. The fourth-order valence-corrected chi connectivity index (χ4v) is 2.50. The highest BCUT2D eigenvalue weighted by molar-refractivity contribution is 8.13. The molecule has 0 unspecified atom stereocenters. The highest BCUT2D eigenvalue weighted by Gasteiger charge is 2.06. The summed E-state index contributed by atoms with van der Waals surface area (Å²) in [6, 6.07) is 6.40. The van der Waals surface area contributed by atoms with Crippen molar-refractivity contribution >= 4 is 29.0 Å². The molecule has 0 saturated heterocycles. The molecule has 0 fully saturated rings. The van der Waals surface area contributed by atoms with Crippen molar-refractivity contribution in [3.63, 3.8) is 0 Å². The van der Waals surface area contributed by atoms with Crippen molar-refractivity contribution < 1.29 is 4.79 Å². The molecule has 1 aromatic rings. The number of carbonyl (C=O) groups excluding carboxylic acids is 1. The molecule has 0 N–H and O–H groups in total. The van der Waals surface area contributed by atoms with Crippen LogP contribution < -0.4 is 0 Å². The maximum Gasteiger partial charge on any atom is 0.185 e. The summed E-state index contributed by atoms with van der Waals surface area (Å²) in [7, 11) is 0. The number of fused-ring (bicyclic) bond motifs is 1. The van der Waals surface area contributed by atoms with E-state index < -0.39 is 0 Å². The Morgan fingerprint density at radius 1 is 1.47 bits per heavy atom. The quantitative estimate of drug-likeness (QED) is 0.746. The molecule has 0 saturated carbocycles. The summed E-state index contributed by atoms with van der Waals surface area (Å²) in [5, 5.41) is 0.197. The van der Waals surface area contributed by atoms with E-state index in [2.05, 4.69) is 42.5 Å². The second kappa shape index (κ2) is 5.87. The minimum Gasteiger partial charge on any atom is -0.288 e. The largest absolute Gasteiger partial charge is 0.288 e. The van der Waals surface area contributed by atoms with E-state index in [4.69, 9.17) is 0 Å². The van der Waals surface area contributed by atoms with Gasteiger partial charge in [0.25, 0.3) is 0 Å². The number of benzene rings is 1. The van der Waals surface area contributed by atoms with Gasteiger partial charge in [0.1, 0.15) is 0 Å². The maximum absolute atomic E-state index is 10.8. The topological polar surface area (TPSA) is 17.1 Å². The van der Waals surface area contributed by atoms with E-state index in [9.17, 15) is 4.79 Å². The molecule has 1 aromatic carbocycles. The van der Waals surface area contributed by atoms with E-state index in [1.807, 2.05) is 0 Å². The zero-order valence-corrected chi connectivity index (χ0v) is 10.8. The summed E-state index contributed by atoms with van der Waals surface area (Å²) >= 11 is 1.39. The summed E-state index contributed by atoms with van der Waals surface area (Å²) < 4.78 is 0. The molecule has 0 amide bonds. The minimum atomic E-state index is 0.197. The van der Waals surface area contributed by atoms with Gasteiger partial charge in [0.15, 0.2) is 5.12 Å². The first-order valence-electron chi connectivity index (χ1n) is 5.86. The van der Waals surface area contributed by atoms with E-state index >= 15 is 0 Å². The van der Waals surface area contributed by atoms with Crippen molar-refractivity contribution in [2.45, 2.75) is 19.8 Å². The second-order valence-corrected chi connectivity index (χ2v) is 5.32. The first kappa shape index (κ1) is 12.2. The van der Waals surface area contributed by atoms with Crippen LogP contribution in [-0.2, 0) is 11.2 Å². The summed E-state index contributed by atoms with van der Waals surface area (Å²) in [6.45, 7) is 1.62. The number of allylic oxidation sites excluding steroid dienone is 2. The molecule has 0 spiro atoms. The molecule has 2 heteroatoms. The molecule has 1 aliphatic rings. The number of hydrogen-bond acceptors (Lipinski definition) is 2. The van der Waals surface area contributed by atoms with Crippen LogP contribution in [0.2, 0.25) is 0 Å². The summed E-state index contributed by atoms with van der Waals surface area (Å²) in [4.78, 5) is 10.8. The highest BCUT2D eigenvalue weighted by Crippen LogP contribution is 2.24. The van der Waals surface area contributed by atoms with Crippen LogP contribution in [0, 0.1) is 0 Å². The number of rotatable bonds is 4. The first-order chi connectivity index (χ1) is 8.27. The van der Waals surface area contributed by atoms with Gasteiger partial charge in [-0.25, -0.2) is 0 Å². The fourth-order valence-electron chi connectivity index (χ4n) is 1.96. The molecule has 0 aromatic heterocycles. The van der Waals surface area contributed by atoms with E-state index in [0.29, 0.717) is 0 Å². The molecule has 0 bridgehead atoms. The Balaban J connectivity index is 1.93. The van der Waals surface area contributed by atoms with Crippen LogP contribution in [0.25, 0.3) is 12.2 Å². The molecule has 1 aliphatic carbocycles. The minimum absolute atomic E-state index is 0.197.